The normalized spacial score (nSPS) is 13.9. The van der Waals surface area contributed by atoms with Crippen LogP contribution < -0.4 is 9.47 Å². The molecule has 0 bridgehead atoms. The molecule has 194 valence electrons. The molecule has 0 saturated heterocycles. The van der Waals surface area contributed by atoms with E-state index >= 15 is 0 Å². The first-order chi connectivity index (χ1) is 16.7. The average Bonchev–Trinajstić information content (AvgIpc) is 3.40. The third-order valence-corrected chi connectivity index (χ3v) is 6.03. The van der Waals surface area contributed by atoms with E-state index in [0.29, 0.717) is 22.7 Å². The van der Waals surface area contributed by atoms with Crippen LogP contribution in [0.15, 0.2) is 36.7 Å². The number of aliphatic hydroxyl groups excluding tert-OH is 1. The van der Waals surface area contributed by atoms with Crippen molar-refractivity contribution in [3.8, 4) is 11.8 Å². The van der Waals surface area contributed by atoms with Crippen LogP contribution in [-0.2, 0) is 11.0 Å². The molecule has 0 amide bonds. The van der Waals surface area contributed by atoms with E-state index in [4.69, 9.17) is 9.47 Å². The zero-order chi connectivity index (χ0) is 26.5. The van der Waals surface area contributed by atoms with Gasteiger partial charge >= 0.3 is 6.18 Å². The summed E-state index contributed by atoms with van der Waals surface area (Å²) in [6, 6.07) is 7.56. The number of nitrogens with zero attached hydrogens (tertiary/aromatic N) is 3. The van der Waals surface area contributed by atoms with Crippen LogP contribution in [0, 0.1) is 0 Å². The average molecular weight is 505 g/mol. The molecule has 4 aromatic heterocycles. The fraction of sp³-hybridized carbons (Fsp3) is 0.462. The molecule has 1 unspecified atom stereocenters. The number of aliphatic hydroxyl groups is 1. The van der Waals surface area contributed by atoms with Gasteiger partial charge in [0.25, 0.3) is 0 Å². The van der Waals surface area contributed by atoms with Crippen molar-refractivity contribution in [2.75, 3.05) is 13.2 Å². The molecule has 0 aliphatic rings. The molecule has 0 spiro atoms. The van der Waals surface area contributed by atoms with Gasteiger partial charge in [-0.15, -0.1) is 0 Å². The predicted octanol–water partition coefficient (Wildman–Crippen LogP) is 5.69. The molecule has 0 aliphatic heterocycles. The number of hydrogen-bond donors (Lipinski definition) is 2. The minimum Gasteiger partial charge on any atom is -0.475 e. The van der Waals surface area contributed by atoms with Crippen LogP contribution in [0.2, 0.25) is 0 Å². The summed E-state index contributed by atoms with van der Waals surface area (Å²) in [6.07, 6.45) is -1.56. The molecule has 1 atom stereocenters. The molecule has 0 saturated carbocycles. The van der Waals surface area contributed by atoms with Crippen molar-refractivity contribution in [1.82, 2.24) is 19.5 Å². The lowest BCUT2D eigenvalue weighted by atomic mass is 9.87. The largest absolute Gasteiger partial charge is 0.475 e. The predicted molar refractivity (Wildman–Crippen MR) is 132 cm³/mol. The fourth-order valence-corrected chi connectivity index (χ4v) is 4.13. The number of aromatic nitrogens is 4. The van der Waals surface area contributed by atoms with E-state index in [1.807, 2.05) is 69.6 Å². The molecule has 2 N–H and O–H groups in total. The van der Waals surface area contributed by atoms with Gasteiger partial charge in [-0.1, -0.05) is 20.8 Å². The Morgan fingerprint density at radius 1 is 0.972 bits per heavy atom. The van der Waals surface area contributed by atoms with Crippen LogP contribution in [0.3, 0.4) is 0 Å². The molecular formula is C26H31F3N4O3. The molecule has 0 radical (unpaired) electrons. The fourth-order valence-electron chi connectivity index (χ4n) is 4.13. The van der Waals surface area contributed by atoms with Gasteiger partial charge in [0, 0.05) is 34.3 Å². The molecule has 0 fully saturated rings. The number of H-pyrrole nitrogens is 1. The number of alkyl halides is 3. The highest BCUT2D eigenvalue weighted by Gasteiger charge is 2.33. The minimum atomic E-state index is -4.49. The lowest BCUT2D eigenvalue weighted by Crippen LogP contribution is -2.29. The van der Waals surface area contributed by atoms with Crippen molar-refractivity contribution < 1.29 is 27.8 Å². The highest BCUT2D eigenvalue weighted by molar-refractivity contribution is 5.80. The Bertz CT molecular complexity index is 1380. The Labute approximate surface area is 207 Å². The number of fused-ring (bicyclic) bond motifs is 2. The Morgan fingerprint density at radius 2 is 1.64 bits per heavy atom. The Hall–Kier alpha value is -3.27. The van der Waals surface area contributed by atoms with Gasteiger partial charge < -0.3 is 24.1 Å². The maximum absolute atomic E-state index is 13.0. The lowest BCUT2D eigenvalue weighted by molar-refractivity contribution is -0.154. The quantitative estimate of drug-likeness (QED) is 0.338. The van der Waals surface area contributed by atoms with Crippen LogP contribution in [0.5, 0.6) is 11.8 Å². The van der Waals surface area contributed by atoms with Gasteiger partial charge in [-0.3, -0.25) is 0 Å². The smallest absolute Gasteiger partial charge is 0.422 e. The molecule has 7 nitrogen and oxygen atoms in total. The maximum Gasteiger partial charge on any atom is 0.422 e. The van der Waals surface area contributed by atoms with Crippen LogP contribution in [-0.4, -0.2) is 50.1 Å². The maximum atomic E-state index is 13.0. The van der Waals surface area contributed by atoms with Crippen molar-refractivity contribution in [1.29, 1.82) is 0 Å². The van der Waals surface area contributed by atoms with Crippen molar-refractivity contribution in [3.63, 3.8) is 0 Å². The van der Waals surface area contributed by atoms with Crippen LogP contribution >= 0.6 is 0 Å². The highest BCUT2D eigenvalue weighted by Crippen LogP contribution is 2.39. The van der Waals surface area contributed by atoms with Crippen LogP contribution in [0.25, 0.3) is 22.1 Å². The SMILES string of the molecule is CC(O)COc1nc2[nH]ccc2cc1C(C)(C)n1ccc2cc(C(C)(C)C)c(OCC(F)(F)F)nc21. The third-order valence-electron chi connectivity index (χ3n) is 6.03. The van der Waals surface area contributed by atoms with E-state index in [-0.39, 0.29) is 12.5 Å². The summed E-state index contributed by atoms with van der Waals surface area (Å²) < 4.78 is 51.9. The zero-order valence-corrected chi connectivity index (χ0v) is 21.2. The number of aromatic amines is 1. The molecule has 0 aromatic carbocycles. The van der Waals surface area contributed by atoms with Crippen LogP contribution in [0.4, 0.5) is 13.2 Å². The standard InChI is InChI=1S/C26H31F3N4O3/c1-15(34)13-35-23-19(11-16-7-9-30-20(16)31-23)25(5,6)33-10-8-17-12-18(24(2,3)4)22(32-21(17)33)36-14-26(27,28)29/h7-12,15,34H,13-14H2,1-6H3,(H,30,31). The van der Waals surface area contributed by atoms with E-state index in [1.54, 1.807) is 13.1 Å². The molecule has 4 rings (SSSR count). The second-order valence-corrected chi connectivity index (χ2v) is 10.6. The van der Waals surface area contributed by atoms with Crippen molar-refractivity contribution in [2.24, 2.45) is 0 Å². The number of nitrogens with one attached hydrogen (secondary N) is 1. The monoisotopic (exact) mass is 504 g/mol. The minimum absolute atomic E-state index is 0.0483. The zero-order valence-electron chi connectivity index (χ0n) is 21.2. The van der Waals surface area contributed by atoms with Crippen LogP contribution in [0.1, 0.15) is 52.7 Å². The molecular weight excluding hydrogens is 473 g/mol. The van der Waals surface area contributed by atoms with E-state index in [2.05, 4.69) is 15.0 Å². The molecule has 36 heavy (non-hydrogen) atoms. The summed E-state index contributed by atoms with van der Waals surface area (Å²) in [5.41, 5.74) is 1.18. The Morgan fingerprint density at radius 3 is 2.28 bits per heavy atom. The number of ether oxygens (including phenoxy) is 2. The van der Waals surface area contributed by atoms with Crippen molar-refractivity contribution in [2.45, 2.75) is 64.8 Å². The summed E-state index contributed by atoms with van der Waals surface area (Å²) in [5, 5.41) is 11.4. The second-order valence-electron chi connectivity index (χ2n) is 10.6. The summed E-state index contributed by atoms with van der Waals surface area (Å²) >= 11 is 0. The molecule has 4 heterocycles. The number of pyridine rings is 2. The number of hydrogen-bond acceptors (Lipinski definition) is 5. The molecule has 4 aromatic rings. The van der Waals surface area contributed by atoms with Gasteiger partial charge in [-0.25, -0.2) is 0 Å². The summed E-state index contributed by atoms with van der Waals surface area (Å²) in [7, 11) is 0. The molecule has 0 aliphatic carbocycles. The lowest BCUT2D eigenvalue weighted by Gasteiger charge is -2.30. The Balaban J connectivity index is 1.87. The first-order valence-corrected chi connectivity index (χ1v) is 11.7. The summed E-state index contributed by atoms with van der Waals surface area (Å²) in [4.78, 5) is 12.3. The Kier molecular flexibility index (Phi) is 6.45. The van der Waals surface area contributed by atoms with E-state index in [9.17, 15) is 18.3 Å². The van der Waals surface area contributed by atoms with Gasteiger partial charge in [-0.2, -0.15) is 23.1 Å². The summed E-state index contributed by atoms with van der Waals surface area (Å²) in [6.45, 7) is 9.86. The van der Waals surface area contributed by atoms with E-state index < -0.39 is 29.8 Å². The topological polar surface area (TPSA) is 85.2 Å². The molecule has 10 heteroatoms. The van der Waals surface area contributed by atoms with Gasteiger partial charge in [0.2, 0.25) is 11.8 Å². The van der Waals surface area contributed by atoms with Gasteiger partial charge in [0.15, 0.2) is 6.61 Å². The first kappa shape index (κ1) is 25.8. The van der Waals surface area contributed by atoms with Gasteiger partial charge in [-0.05, 0) is 50.5 Å². The van der Waals surface area contributed by atoms with Crippen molar-refractivity contribution >= 4 is 22.1 Å². The second kappa shape index (κ2) is 8.99. The highest BCUT2D eigenvalue weighted by atomic mass is 19.4. The van der Waals surface area contributed by atoms with E-state index in [1.165, 1.54) is 0 Å². The number of rotatable bonds is 7. The first-order valence-electron chi connectivity index (χ1n) is 11.7. The van der Waals surface area contributed by atoms with Gasteiger partial charge in [0.05, 0.1) is 11.6 Å². The third kappa shape index (κ3) is 5.13. The van der Waals surface area contributed by atoms with E-state index in [0.717, 1.165) is 16.3 Å². The summed E-state index contributed by atoms with van der Waals surface area (Å²) in [5.74, 6) is 0.297. The number of halogens is 3. The van der Waals surface area contributed by atoms with Gasteiger partial charge in [0.1, 0.15) is 17.9 Å². The van der Waals surface area contributed by atoms with Crippen molar-refractivity contribution in [3.05, 3.63) is 47.8 Å².